The molecule has 2 aromatic heterocycles. The van der Waals surface area contributed by atoms with Crippen molar-refractivity contribution in [2.75, 3.05) is 4.90 Å². The van der Waals surface area contributed by atoms with Gasteiger partial charge in [-0.05, 0) is 100 Å². The molecular formula is C60H40N2O. The maximum absolute atomic E-state index is 6.54. The van der Waals surface area contributed by atoms with Gasteiger partial charge in [-0.2, -0.15) is 0 Å². The zero-order valence-electron chi connectivity index (χ0n) is 34.4. The van der Waals surface area contributed by atoms with Gasteiger partial charge in [0.2, 0.25) is 0 Å². The van der Waals surface area contributed by atoms with Crippen LogP contribution in [-0.4, -0.2) is 4.57 Å². The lowest BCUT2D eigenvalue weighted by Crippen LogP contribution is -2.11. The van der Waals surface area contributed by atoms with Crippen molar-refractivity contribution in [2.24, 2.45) is 0 Å². The predicted molar refractivity (Wildman–Crippen MR) is 264 cm³/mol. The van der Waals surface area contributed by atoms with Crippen LogP contribution in [0.3, 0.4) is 0 Å². The van der Waals surface area contributed by atoms with Crippen molar-refractivity contribution < 1.29 is 4.42 Å². The number of rotatable bonds is 8. The monoisotopic (exact) mass is 804 g/mol. The molecule has 10 aromatic carbocycles. The molecule has 0 spiro atoms. The van der Waals surface area contributed by atoms with E-state index >= 15 is 0 Å². The number of hydrogen-bond donors (Lipinski definition) is 0. The molecule has 3 nitrogen and oxygen atoms in total. The Labute approximate surface area is 366 Å². The number of para-hydroxylation sites is 4. The minimum Gasteiger partial charge on any atom is -0.456 e. The molecule has 0 amide bonds. The summed E-state index contributed by atoms with van der Waals surface area (Å²) >= 11 is 0. The number of anilines is 3. The van der Waals surface area contributed by atoms with E-state index < -0.39 is 0 Å². The first kappa shape index (κ1) is 36.5. The Kier molecular flexibility index (Phi) is 8.83. The van der Waals surface area contributed by atoms with E-state index in [0.29, 0.717) is 0 Å². The first-order chi connectivity index (χ1) is 31.3. The third-order valence-electron chi connectivity index (χ3n) is 12.4. The zero-order chi connectivity index (χ0) is 41.7. The quantitative estimate of drug-likeness (QED) is 0.153. The molecule has 296 valence electrons. The SMILES string of the molecule is c1ccc(-c2ccc(N(c3ccc(-c4ccccc4)cc3)c3ccc(-c4ccccc4-n4c5ccccc5c5ccccc54)cc3-c3cccc4oc5ccccc5c34)cc2)cc1. The van der Waals surface area contributed by atoms with E-state index in [4.69, 9.17) is 4.42 Å². The van der Waals surface area contributed by atoms with Gasteiger partial charge in [-0.3, -0.25) is 0 Å². The number of hydrogen-bond acceptors (Lipinski definition) is 2. The lowest BCUT2D eigenvalue weighted by Gasteiger charge is -2.29. The highest BCUT2D eigenvalue weighted by Gasteiger charge is 2.23. The Morgan fingerprint density at radius 3 is 1.43 bits per heavy atom. The normalized spacial score (nSPS) is 11.5. The average molecular weight is 805 g/mol. The molecule has 0 aliphatic heterocycles. The highest BCUT2D eigenvalue weighted by Crippen LogP contribution is 2.47. The van der Waals surface area contributed by atoms with Crippen LogP contribution in [0.5, 0.6) is 0 Å². The van der Waals surface area contributed by atoms with Crippen LogP contribution in [0.25, 0.3) is 93.9 Å². The molecule has 12 rings (SSSR count). The fourth-order valence-corrected chi connectivity index (χ4v) is 9.50. The number of nitrogens with zero attached hydrogens (tertiary/aromatic N) is 2. The van der Waals surface area contributed by atoms with Gasteiger partial charge in [-0.1, -0.05) is 176 Å². The van der Waals surface area contributed by atoms with Crippen molar-refractivity contribution in [3.8, 4) is 50.2 Å². The van der Waals surface area contributed by atoms with E-state index in [1.807, 2.05) is 6.07 Å². The van der Waals surface area contributed by atoms with Crippen LogP contribution >= 0.6 is 0 Å². The van der Waals surface area contributed by atoms with Gasteiger partial charge in [0.1, 0.15) is 11.2 Å². The summed E-state index contributed by atoms with van der Waals surface area (Å²) in [4.78, 5) is 2.41. The molecule has 0 fully saturated rings. The van der Waals surface area contributed by atoms with Gasteiger partial charge in [0.25, 0.3) is 0 Å². The smallest absolute Gasteiger partial charge is 0.136 e. The zero-order valence-corrected chi connectivity index (χ0v) is 34.4. The number of benzene rings is 10. The minimum absolute atomic E-state index is 0.863. The fourth-order valence-electron chi connectivity index (χ4n) is 9.50. The van der Waals surface area contributed by atoms with Gasteiger partial charge in [-0.15, -0.1) is 0 Å². The Balaban J connectivity index is 1.11. The first-order valence-corrected chi connectivity index (χ1v) is 21.5. The molecule has 0 saturated heterocycles. The second-order valence-electron chi connectivity index (χ2n) is 16.1. The van der Waals surface area contributed by atoms with Gasteiger partial charge in [0.05, 0.1) is 22.4 Å². The van der Waals surface area contributed by atoms with Crippen molar-refractivity contribution >= 4 is 60.8 Å². The molecular weight excluding hydrogens is 765 g/mol. The summed E-state index contributed by atoms with van der Waals surface area (Å²) in [5.41, 5.74) is 17.6. The van der Waals surface area contributed by atoms with Gasteiger partial charge in [0, 0.05) is 44.0 Å². The Bertz CT molecular complexity index is 3470. The van der Waals surface area contributed by atoms with E-state index in [2.05, 4.69) is 246 Å². The van der Waals surface area contributed by atoms with E-state index in [1.54, 1.807) is 0 Å². The standard InChI is InChI=1S/C60H40N2O/c1-3-16-41(17-4-1)43-30-35-46(36-31-43)61(47-37-32-44(33-38-47)42-18-5-2-6-19-42)57-39-34-45(40-53(57)51-24-15-29-59-60(51)52-23-10-14-28-58(52)63-59)48-20-7-11-25-54(48)62-55-26-12-8-21-49(55)50-22-9-13-27-56(50)62/h1-40H. The lowest BCUT2D eigenvalue weighted by molar-refractivity contribution is 0.669. The van der Waals surface area contributed by atoms with Gasteiger partial charge >= 0.3 is 0 Å². The van der Waals surface area contributed by atoms with E-state index in [-0.39, 0.29) is 0 Å². The number of fused-ring (bicyclic) bond motifs is 6. The Morgan fingerprint density at radius 1 is 0.317 bits per heavy atom. The average Bonchev–Trinajstić information content (AvgIpc) is 3.91. The molecule has 0 aliphatic carbocycles. The predicted octanol–water partition coefficient (Wildman–Crippen LogP) is 16.8. The van der Waals surface area contributed by atoms with Gasteiger partial charge in [-0.25, -0.2) is 0 Å². The molecule has 0 unspecified atom stereocenters. The highest BCUT2D eigenvalue weighted by atomic mass is 16.3. The van der Waals surface area contributed by atoms with Gasteiger partial charge in [0.15, 0.2) is 0 Å². The van der Waals surface area contributed by atoms with Gasteiger partial charge < -0.3 is 13.9 Å². The molecule has 2 heterocycles. The summed E-state index contributed by atoms with van der Waals surface area (Å²) in [6.45, 7) is 0. The third-order valence-corrected chi connectivity index (χ3v) is 12.4. The maximum atomic E-state index is 6.54. The minimum atomic E-state index is 0.863. The van der Waals surface area contributed by atoms with Crippen molar-refractivity contribution in [3.05, 3.63) is 243 Å². The van der Waals surface area contributed by atoms with Crippen molar-refractivity contribution in [3.63, 3.8) is 0 Å². The fraction of sp³-hybridized carbons (Fsp3) is 0. The maximum Gasteiger partial charge on any atom is 0.136 e. The Hall–Kier alpha value is -8.40. The summed E-state index contributed by atoms with van der Waals surface area (Å²) in [6.07, 6.45) is 0. The molecule has 0 N–H and O–H groups in total. The topological polar surface area (TPSA) is 21.3 Å². The third kappa shape index (κ3) is 6.29. The van der Waals surface area contributed by atoms with Crippen LogP contribution in [0.15, 0.2) is 247 Å². The van der Waals surface area contributed by atoms with Crippen molar-refractivity contribution in [1.82, 2.24) is 4.57 Å². The van der Waals surface area contributed by atoms with E-state index in [9.17, 15) is 0 Å². The summed E-state index contributed by atoms with van der Waals surface area (Å²) in [5, 5.41) is 4.67. The molecule has 0 bridgehead atoms. The molecule has 0 atom stereocenters. The Morgan fingerprint density at radius 2 is 0.794 bits per heavy atom. The first-order valence-electron chi connectivity index (χ1n) is 21.5. The molecule has 63 heavy (non-hydrogen) atoms. The van der Waals surface area contributed by atoms with E-state index in [0.717, 1.165) is 66.9 Å². The second kappa shape index (κ2) is 15.3. The highest BCUT2D eigenvalue weighted by molar-refractivity contribution is 6.14. The largest absolute Gasteiger partial charge is 0.456 e. The summed E-state index contributed by atoms with van der Waals surface area (Å²) in [6, 6.07) is 87.2. The van der Waals surface area contributed by atoms with Crippen LogP contribution in [0, 0.1) is 0 Å². The summed E-state index contributed by atoms with van der Waals surface area (Å²) in [7, 11) is 0. The molecule has 12 aromatic rings. The lowest BCUT2D eigenvalue weighted by atomic mass is 9.92. The molecule has 0 aliphatic rings. The van der Waals surface area contributed by atoms with Crippen LogP contribution < -0.4 is 4.90 Å². The van der Waals surface area contributed by atoms with Crippen LogP contribution in [-0.2, 0) is 0 Å². The summed E-state index contributed by atoms with van der Waals surface area (Å²) in [5.74, 6) is 0. The van der Waals surface area contributed by atoms with Crippen molar-refractivity contribution in [2.45, 2.75) is 0 Å². The van der Waals surface area contributed by atoms with Crippen LogP contribution in [0.4, 0.5) is 17.1 Å². The number of aromatic nitrogens is 1. The molecule has 3 heteroatoms. The van der Waals surface area contributed by atoms with Crippen LogP contribution in [0.1, 0.15) is 0 Å². The van der Waals surface area contributed by atoms with Crippen molar-refractivity contribution in [1.29, 1.82) is 0 Å². The molecule has 0 radical (unpaired) electrons. The second-order valence-corrected chi connectivity index (χ2v) is 16.1. The van der Waals surface area contributed by atoms with Crippen LogP contribution in [0.2, 0.25) is 0 Å². The van der Waals surface area contributed by atoms with E-state index in [1.165, 1.54) is 44.1 Å². The number of furan rings is 1. The molecule has 0 saturated carbocycles. The summed E-state index contributed by atoms with van der Waals surface area (Å²) < 4.78 is 8.97.